The molecule has 9 nitrogen and oxygen atoms in total. The monoisotopic (exact) mass is 637 g/mol. The number of nitro benzene ring substituents is 1. The molecular weight excluding hydrogens is 614 g/mol. The van der Waals surface area contributed by atoms with Crippen molar-refractivity contribution in [2.24, 2.45) is 16.9 Å². The lowest BCUT2D eigenvalue weighted by molar-refractivity contribution is -0.384. The van der Waals surface area contributed by atoms with Crippen LogP contribution in [0.3, 0.4) is 0 Å². The molecule has 2 amide bonds. The van der Waals surface area contributed by atoms with E-state index in [0.29, 0.717) is 21.5 Å². The number of nitro groups is 1. The normalized spacial score (nSPS) is 21.5. The lowest BCUT2D eigenvalue weighted by Crippen LogP contribution is -2.41. The fourth-order valence-corrected chi connectivity index (χ4v) is 7.30. The molecule has 0 saturated carbocycles. The summed E-state index contributed by atoms with van der Waals surface area (Å²) in [5.74, 6) is -1.13. The van der Waals surface area contributed by atoms with Crippen LogP contribution < -0.4 is 9.47 Å². The maximum absolute atomic E-state index is 13.8. The molecule has 4 aromatic rings. The first kappa shape index (κ1) is 27.0. The minimum atomic E-state index is -0.504. The number of rotatable bonds is 7. The van der Waals surface area contributed by atoms with Crippen molar-refractivity contribution in [3.05, 3.63) is 133 Å². The van der Waals surface area contributed by atoms with Gasteiger partial charge in [0.1, 0.15) is 6.61 Å². The van der Waals surface area contributed by atoms with Crippen LogP contribution in [0.15, 0.2) is 94.5 Å². The largest absolute Gasteiger partial charge is 0.493 e. The van der Waals surface area contributed by atoms with Gasteiger partial charge in [0.25, 0.3) is 17.5 Å². The minimum absolute atomic E-state index is 0.00194. The van der Waals surface area contributed by atoms with Gasteiger partial charge in [-0.2, -0.15) is 10.1 Å². The summed E-state index contributed by atoms with van der Waals surface area (Å²) in [6.07, 6.45) is 1.47. The summed E-state index contributed by atoms with van der Waals surface area (Å²) < 4.78 is 12.1. The Morgan fingerprint density at radius 1 is 0.884 bits per heavy atom. The number of carbonyl (C=O) groups is 2. The third-order valence-corrected chi connectivity index (χ3v) is 9.12. The van der Waals surface area contributed by atoms with E-state index in [1.165, 1.54) is 25.5 Å². The van der Waals surface area contributed by atoms with Gasteiger partial charge in [0, 0.05) is 24.0 Å². The average molecular weight is 638 g/mol. The first-order chi connectivity index (χ1) is 20.9. The Bertz CT molecular complexity index is 1720. The highest BCUT2D eigenvalue weighted by atomic mass is 79.9. The average Bonchev–Trinajstić information content (AvgIpc) is 3.28. The van der Waals surface area contributed by atoms with Gasteiger partial charge in [-0.05, 0) is 73.6 Å². The van der Waals surface area contributed by atoms with Gasteiger partial charge in [-0.25, -0.2) is 0 Å². The molecule has 3 aliphatic carbocycles. The second-order valence-electron chi connectivity index (χ2n) is 10.7. The van der Waals surface area contributed by atoms with Crippen LogP contribution in [0.1, 0.15) is 45.2 Å². The number of ether oxygens (including phenoxy) is 2. The smallest absolute Gasteiger partial charge is 0.269 e. The van der Waals surface area contributed by atoms with Gasteiger partial charge in [0.15, 0.2) is 11.5 Å². The molecule has 214 valence electrons. The van der Waals surface area contributed by atoms with E-state index in [2.05, 4.69) is 45.3 Å². The summed E-state index contributed by atoms with van der Waals surface area (Å²) in [5, 5.41) is 16.4. The van der Waals surface area contributed by atoms with Gasteiger partial charge in [-0.3, -0.25) is 19.7 Å². The van der Waals surface area contributed by atoms with Crippen LogP contribution >= 0.6 is 15.9 Å². The predicted molar refractivity (Wildman–Crippen MR) is 161 cm³/mol. The summed E-state index contributed by atoms with van der Waals surface area (Å²) in [7, 11) is 1.50. The standard InChI is InChI=1S/C33H24BrN3O6/c1-42-26-15-19(14-25(34)31(26)43-17-18-10-12-20(13-11-18)37(40)41)16-35-36-32(38)29-27-21-6-2-3-7-22(21)28(30(29)33(36)39)24-9-5-4-8-23(24)27/h2-16,27-30H,17H2,1H3/b35-16-/t27?,28?,29-,30+. The van der Waals surface area contributed by atoms with Crippen molar-refractivity contribution in [1.82, 2.24) is 5.01 Å². The molecule has 10 heteroatoms. The topological polar surface area (TPSA) is 111 Å². The number of hydrogen-bond acceptors (Lipinski definition) is 7. The van der Waals surface area contributed by atoms with Crippen LogP contribution in [-0.2, 0) is 16.2 Å². The lowest BCUT2D eigenvalue weighted by Gasteiger charge is -2.45. The SMILES string of the molecule is COc1cc(/C=N\N2C(=O)[C@@H]3C4c5ccccc5C(c5ccccc54)[C@@H]3C2=O)cc(Br)c1OCc1ccc([N+](=O)[O-])cc1. The number of nitrogens with zero attached hydrogens (tertiary/aromatic N) is 3. The Morgan fingerprint density at radius 3 is 1.91 bits per heavy atom. The number of hydrazone groups is 1. The van der Waals surface area contributed by atoms with E-state index >= 15 is 0 Å². The molecule has 0 aromatic heterocycles. The summed E-state index contributed by atoms with van der Waals surface area (Å²) in [4.78, 5) is 38.1. The number of hydrogen-bond donors (Lipinski definition) is 0. The highest BCUT2D eigenvalue weighted by Crippen LogP contribution is 2.61. The van der Waals surface area contributed by atoms with Crippen molar-refractivity contribution < 1.29 is 24.0 Å². The van der Waals surface area contributed by atoms with Crippen LogP contribution in [0, 0.1) is 22.0 Å². The van der Waals surface area contributed by atoms with E-state index in [4.69, 9.17) is 9.47 Å². The summed E-state index contributed by atoms with van der Waals surface area (Å²) >= 11 is 3.52. The molecule has 2 atom stereocenters. The Balaban J connectivity index is 1.14. The number of benzene rings is 4. The van der Waals surface area contributed by atoms with Crippen molar-refractivity contribution in [3.63, 3.8) is 0 Å². The van der Waals surface area contributed by atoms with E-state index in [-0.39, 0.29) is 35.9 Å². The van der Waals surface area contributed by atoms with Crippen molar-refractivity contribution >= 4 is 39.6 Å². The zero-order valence-corrected chi connectivity index (χ0v) is 24.4. The highest BCUT2D eigenvalue weighted by Gasteiger charge is 2.61. The second kappa shape index (κ2) is 10.5. The van der Waals surface area contributed by atoms with Gasteiger partial charge >= 0.3 is 0 Å². The first-order valence-corrected chi connectivity index (χ1v) is 14.5. The highest BCUT2D eigenvalue weighted by molar-refractivity contribution is 9.10. The Morgan fingerprint density at radius 2 is 1.42 bits per heavy atom. The number of non-ortho nitro benzene ring substituents is 1. The molecule has 1 saturated heterocycles. The molecular formula is C33H24BrN3O6. The molecule has 0 unspecified atom stereocenters. The first-order valence-electron chi connectivity index (χ1n) is 13.7. The van der Waals surface area contributed by atoms with Gasteiger partial charge < -0.3 is 9.47 Å². The third-order valence-electron chi connectivity index (χ3n) is 8.53. The minimum Gasteiger partial charge on any atom is -0.493 e. The van der Waals surface area contributed by atoms with E-state index in [9.17, 15) is 19.7 Å². The summed E-state index contributed by atoms with van der Waals surface area (Å²) in [6, 6.07) is 25.8. The molecule has 43 heavy (non-hydrogen) atoms. The summed E-state index contributed by atoms with van der Waals surface area (Å²) in [5.41, 5.74) is 5.78. The molecule has 1 aliphatic heterocycles. The number of methoxy groups -OCH3 is 1. The molecule has 4 aliphatic rings. The van der Waals surface area contributed by atoms with E-state index < -0.39 is 16.8 Å². The lowest BCUT2D eigenvalue weighted by atomic mass is 9.55. The van der Waals surface area contributed by atoms with Crippen molar-refractivity contribution in [1.29, 1.82) is 0 Å². The van der Waals surface area contributed by atoms with Crippen LogP contribution in [0.4, 0.5) is 5.69 Å². The molecule has 0 N–H and O–H groups in total. The molecule has 0 radical (unpaired) electrons. The van der Waals surface area contributed by atoms with E-state index in [1.807, 2.05) is 24.3 Å². The maximum atomic E-state index is 13.8. The van der Waals surface area contributed by atoms with Crippen LogP contribution in [-0.4, -0.2) is 35.1 Å². The second-order valence-corrected chi connectivity index (χ2v) is 11.6. The fraction of sp³-hybridized carbons (Fsp3) is 0.182. The van der Waals surface area contributed by atoms with Crippen molar-refractivity contribution in [2.45, 2.75) is 18.4 Å². The predicted octanol–water partition coefficient (Wildman–Crippen LogP) is 6.17. The zero-order valence-electron chi connectivity index (χ0n) is 22.8. The quantitative estimate of drug-likeness (QED) is 0.104. The Hall–Kier alpha value is -4.83. The van der Waals surface area contributed by atoms with Crippen LogP contribution in [0.5, 0.6) is 11.5 Å². The Labute approximate surface area is 255 Å². The molecule has 2 bridgehead atoms. The third kappa shape index (κ3) is 4.32. The molecule has 1 fully saturated rings. The fourth-order valence-electron chi connectivity index (χ4n) is 6.72. The van der Waals surface area contributed by atoms with Gasteiger partial charge in [-0.1, -0.05) is 48.5 Å². The number of imide groups is 1. The zero-order chi connectivity index (χ0) is 29.8. The van der Waals surface area contributed by atoms with E-state index in [1.54, 1.807) is 24.3 Å². The van der Waals surface area contributed by atoms with Crippen molar-refractivity contribution in [2.75, 3.05) is 7.11 Å². The van der Waals surface area contributed by atoms with Gasteiger partial charge in [0.2, 0.25) is 0 Å². The Kier molecular flexibility index (Phi) is 6.58. The molecule has 4 aromatic carbocycles. The van der Waals surface area contributed by atoms with Crippen molar-refractivity contribution in [3.8, 4) is 11.5 Å². The number of halogens is 1. The molecule has 0 spiro atoms. The van der Waals surface area contributed by atoms with E-state index in [0.717, 1.165) is 32.8 Å². The van der Waals surface area contributed by atoms with Crippen LogP contribution in [0.25, 0.3) is 0 Å². The molecule has 8 rings (SSSR count). The number of amides is 2. The molecule has 1 heterocycles. The maximum Gasteiger partial charge on any atom is 0.269 e. The number of carbonyl (C=O) groups excluding carboxylic acids is 2. The van der Waals surface area contributed by atoms with Gasteiger partial charge in [0.05, 0.1) is 34.6 Å². The van der Waals surface area contributed by atoms with Crippen LogP contribution in [0.2, 0.25) is 0 Å². The van der Waals surface area contributed by atoms with Gasteiger partial charge in [-0.15, -0.1) is 0 Å². The summed E-state index contributed by atoms with van der Waals surface area (Å²) in [6.45, 7) is 0.160.